The van der Waals surface area contributed by atoms with Crippen LogP contribution in [-0.2, 0) is 23.7 Å². The molecule has 1 heterocycles. The van der Waals surface area contributed by atoms with Crippen molar-refractivity contribution < 1.29 is 44.2 Å². The number of carbonyl (C=O) groups is 1. The number of unbranched alkanes of at least 4 members (excludes halogenated alkanes) is 33. The standard InChI is InChI=1S/C49H96O9/c1-3-5-7-9-11-13-15-17-19-21-22-23-25-27-29-31-33-35-37-39-55-41-43(42-56-49-48(54)47(53)46(52)44(40-50)58-49)57-45(51)38-36-34-32-30-28-26-24-20-18-16-14-12-10-8-6-4-2/h43-44,46-50,52-54H,3-42H2,1-2H3. The van der Waals surface area contributed by atoms with Crippen LogP contribution in [0.2, 0.25) is 0 Å². The Hall–Kier alpha value is -0.810. The molecule has 0 saturated carbocycles. The summed E-state index contributed by atoms with van der Waals surface area (Å²) in [5.41, 5.74) is 0. The van der Waals surface area contributed by atoms with Crippen molar-refractivity contribution in [3.63, 3.8) is 0 Å². The molecule has 0 spiro atoms. The predicted molar refractivity (Wildman–Crippen MR) is 238 cm³/mol. The highest BCUT2D eigenvalue weighted by atomic mass is 16.7. The normalized spacial score (nSPS) is 20.1. The van der Waals surface area contributed by atoms with E-state index in [4.69, 9.17) is 18.9 Å². The van der Waals surface area contributed by atoms with Gasteiger partial charge in [0, 0.05) is 13.0 Å². The van der Waals surface area contributed by atoms with E-state index >= 15 is 0 Å². The number of aliphatic hydroxyl groups is 4. The van der Waals surface area contributed by atoms with Gasteiger partial charge in [-0.2, -0.15) is 0 Å². The van der Waals surface area contributed by atoms with E-state index in [-0.39, 0.29) is 19.2 Å². The fourth-order valence-corrected chi connectivity index (χ4v) is 8.08. The molecule has 0 aromatic heterocycles. The van der Waals surface area contributed by atoms with Gasteiger partial charge in [-0.3, -0.25) is 4.79 Å². The van der Waals surface area contributed by atoms with Crippen LogP contribution in [0.3, 0.4) is 0 Å². The summed E-state index contributed by atoms with van der Waals surface area (Å²) in [6, 6.07) is 0. The van der Waals surface area contributed by atoms with Crippen molar-refractivity contribution >= 4 is 5.97 Å². The van der Waals surface area contributed by atoms with Gasteiger partial charge in [0.2, 0.25) is 0 Å². The van der Waals surface area contributed by atoms with Gasteiger partial charge in [0.25, 0.3) is 0 Å². The van der Waals surface area contributed by atoms with E-state index in [1.165, 1.54) is 193 Å². The number of hydrogen-bond donors (Lipinski definition) is 4. The molecule has 1 aliphatic heterocycles. The molecule has 9 heteroatoms. The SMILES string of the molecule is CCCCCCCCCCCCCCCCCCCCCOCC(COC1OC(CO)C(O)C(O)C1O)OC(=O)CCCCCCCCCCCCCCCCCC. The third kappa shape index (κ3) is 32.0. The van der Waals surface area contributed by atoms with Gasteiger partial charge in [0.15, 0.2) is 6.29 Å². The zero-order valence-electron chi connectivity index (χ0n) is 38.1. The van der Waals surface area contributed by atoms with Crippen molar-refractivity contribution in [1.29, 1.82) is 0 Å². The first-order chi connectivity index (χ1) is 28.4. The third-order valence-corrected chi connectivity index (χ3v) is 12.0. The van der Waals surface area contributed by atoms with E-state index in [1.807, 2.05) is 0 Å². The largest absolute Gasteiger partial charge is 0.457 e. The number of aliphatic hydroxyl groups excluding tert-OH is 4. The molecule has 6 unspecified atom stereocenters. The van der Waals surface area contributed by atoms with E-state index in [1.54, 1.807) is 0 Å². The van der Waals surface area contributed by atoms with Crippen LogP contribution in [0.4, 0.5) is 0 Å². The van der Waals surface area contributed by atoms with Crippen LogP contribution in [0.15, 0.2) is 0 Å². The van der Waals surface area contributed by atoms with Gasteiger partial charge in [-0.25, -0.2) is 0 Å². The Morgan fingerprint density at radius 2 is 0.845 bits per heavy atom. The van der Waals surface area contributed by atoms with E-state index in [2.05, 4.69) is 13.8 Å². The zero-order valence-corrected chi connectivity index (χ0v) is 38.1. The maximum Gasteiger partial charge on any atom is 0.306 e. The summed E-state index contributed by atoms with van der Waals surface area (Å²) < 4.78 is 22.9. The second-order valence-corrected chi connectivity index (χ2v) is 17.6. The molecule has 0 aromatic rings. The average molecular weight is 829 g/mol. The molecule has 346 valence electrons. The highest BCUT2D eigenvalue weighted by molar-refractivity contribution is 5.69. The molecule has 1 rings (SSSR count). The highest BCUT2D eigenvalue weighted by Crippen LogP contribution is 2.23. The third-order valence-electron chi connectivity index (χ3n) is 12.0. The molecule has 0 amide bonds. The Balaban J connectivity index is 2.19. The Morgan fingerprint density at radius 1 is 0.483 bits per heavy atom. The Kier molecular flexibility index (Phi) is 39.5. The van der Waals surface area contributed by atoms with Crippen LogP contribution in [0.1, 0.15) is 245 Å². The van der Waals surface area contributed by atoms with Crippen LogP contribution < -0.4 is 0 Å². The molecular weight excluding hydrogens is 733 g/mol. The molecule has 58 heavy (non-hydrogen) atoms. The topological polar surface area (TPSA) is 135 Å². The minimum absolute atomic E-state index is 0.105. The molecular formula is C49H96O9. The first kappa shape index (κ1) is 55.2. The van der Waals surface area contributed by atoms with E-state index in [9.17, 15) is 25.2 Å². The minimum Gasteiger partial charge on any atom is -0.457 e. The van der Waals surface area contributed by atoms with E-state index in [0.717, 1.165) is 32.1 Å². The molecule has 6 atom stereocenters. The predicted octanol–water partition coefficient (Wildman–Crippen LogP) is 11.8. The van der Waals surface area contributed by atoms with E-state index in [0.29, 0.717) is 13.0 Å². The first-order valence-corrected chi connectivity index (χ1v) is 25.1. The lowest BCUT2D eigenvalue weighted by Crippen LogP contribution is -2.59. The van der Waals surface area contributed by atoms with Crippen LogP contribution in [0, 0.1) is 0 Å². The number of ether oxygens (including phenoxy) is 4. The minimum atomic E-state index is -1.53. The Morgan fingerprint density at radius 3 is 1.22 bits per heavy atom. The molecule has 4 N–H and O–H groups in total. The van der Waals surface area contributed by atoms with Gasteiger partial charge < -0.3 is 39.4 Å². The van der Waals surface area contributed by atoms with Crippen molar-refractivity contribution in [1.82, 2.24) is 0 Å². The lowest BCUT2D eigenvalue weighted by Gasteiger charge is -2.39. The molecule has 0 radical (unpaired) electrons. The second-order valence-electron chi connectivity index (χ2n) is 17.6. The molecule has 1 fully saturated rings. The summed E-state index contributed by atoms with van der Waals surface area (Å²) >= 11 is 0. The maximum absolute atomic E-state index is 12.8. The van der Waals surface area contributed by atoms with Crippen LogP contribution in [-0.4, -0.2) is 89.6 Å². The highest BCUT2D eigenvalue weighted by Gasteiger charge is 2.44. The summed E-state index contributed by atoms with van der Waals surface area (Å²) in [4.78, 5) is 12.8. The zero-order chi connectivity index (χ0) is 42.2. The van der Waals surface area contributed by atoms with Gasteiger partial charge in [0.1, 0.15) is 30.5 Å². The summed E-state index contributed by atoms with van der Waals surface area (Å²) in [5, 5.41) is 40.2. The van der Waals surface area contributed by atoms with Crippen molar-refractivity contribution in [3.8, 4) is 0 Å². The summed E-state index contributed by atoms with van der Waals surface area (Å²) in [6.45, 7) is 4.62. The smallest absolute Gasteiger partial charge is 0.306 e. The molecule has 1 aliphatic rings. The molecule has 0 aromatic carbocycles. The van der Waals surface area contributed by atoms with Gasteiger partial charge in [0.05, 0.1) is 19.8 Å². The molecule has 9 nitrogen and oxygen atoms in total. The van der Waals surface area contributed by atoms with Crippen molar-refractivity contribution in [2.45, 2.75) is 282 Å². The molecule has 1 saturated heterocycles. The number of rotatable bonds is 44. The summed E-state index contributed by atoms with van der Waals surface area (Å²) in [6.07, 6.45) is 38.5. The fourth-order valence-electron chi connectivity index (χ4n) is 8.08. The number of hydrogen-bond acceptors (Lipinski definition) is 9. The van der Waals surface area contributed by atoms with Crippen molar-refractivity contribution in [2.75, 3.05) is 26.4 Å². The fraction of sp³-hybridized carbons (Fsp3) is 0.980. The first-order valence-electron chi connectivity index (χ1n) is 25.1. The molecule has 0 bridgehead atoms. The Bertz CT molecular complexity index is 858. The van der Waals surface area contributed by atoms with Crippen LogP contribution in [0.5, 0.6) is 0 Å². The Labute approximate surface area is 357 Å². The molecule has 0 aliphatic carbocycles. The lowest BCUT2D eigenvalue weighted by molar-refractivity contribution is -0.305. The number of esters is 1. The summed E-state index contributed by atoms with van der Waals surface area (Å²) in [7, 11) is 0. The average Bonchev–Trinajstić information content (AvgIpc) is 3.22. The van der Waals surface area contributed by atoms with Crippen LogP contribution >= 0.6 is 0 Å². The van der Waals surface area contributed by atoms with Gasteiger partial charge >= 0.3 is 5.97 Å². The van der Waals surface area contributed by atoms with Crippen LogP contribution in [0.25, 0.3) is 0 Å². The van der Waals surface area contributed by atoms with E-state index < -0.39 is 43.4 Å². The summed E-state index contributed by atoms with van der Waals surface area (Å²) in [5.74, 6) is -0.306. The van der Waals surface area contributed by atoms with Gasteiger partial charge in [-0.05, 0) is 12.8 Å². The number of carbonyl (C=O) groups excluding carboxylic acids is 1. The van der Waals surface area contributed by atoms with Crippen molar-refractivity contribution in [3.05, 3.63) is 0 Å². The lowest BCUT2D eigenvalue weighted by atomic mass is 9.99. The van der Waals surface area contributed by atoms with Crippen molar-refractivity contribution in [2.24, 2.45) is 0 Å². The van der Waals surface area contributed by atoms with Gasteiger partial charge in [-0.15, -0.1) is 0 Å². The van der Waals surface area contributed by atoms with Gasteiger partial charge in [-0.1, -0.05) is 226 Å². The monoisotopic (exact) mass is 829 g/mol. The quantitative estimate of drug-likeness (QED) is 0.0350. The second kappa shape index (κ2) is 41.5. The maximum atomic E-state index is 12.8.